The zero-order valence-corrected chi connectivity index (χ0v) is 19.7. The van der Waals surface area contributed by atoms with Crippen LogP contribution in [0.2, 0.25) is 0 Å². The molecule has 0 radical (unpaired) electrons. The number of aromatic nitrogens is 3. The molecule has 0 saturated heterocycles. The molecule has 3 aromatic rings. The second kappa shape index (κ2) is 10.1. The van der Waals surface area contributed by atoms with Gasteiger partial charge in [0.05, 0.1) is 22.9 Å². The van der Waals surface area contributed by atoms with E-state index in [0.717, 1.165) is 23.2 Å². The van der Waals surface area contributed by atoms with Crippen molar-refractivity contribution < 1.29 is 4.79 Å². The lowest BCUT2D eigenvalue weighted by Crippen LogP contribution is -2.40. The highest BCUT2D eigenvalue weighted by Gasteiger charge is 2.24. The fourth-order valence-corrected chi connectivity index (χ4v) is 4.50. The summed E-state index contributed by atoms with van der Waals surface area (Å²) in [6.07, 6.45) is 11.3. The predicted molar refractivity (Wildman–Crippen MR) is 133 cm³/mol. The largest absolute Gasteiger partial charge is 0.383 e. The van der Waals surface area contributed by atoms with E-state index in [9.17, 15) is 4.79 Å². The Morgan fingerprint density at radius 1 is 1.15 bits per heavy atom. The molecule has 1 aliphatic carbocycles. The van der Waals surface area contributed by atoms with E-state index in [-0.39, 0.29) is 11.9 Å². The lowest BCUT2D eigenvalue weighted by Gasteiger charge is -2.32. The molecule has 1 saturated carbocycles. The molecule has 1 fully saturated rings. The molecule has 172 valence electrons. The Hall–Kier alpha value is -3.35. The van der Waals surface area contributed by atoms with Crippen molar-refractivity contribution in [2.75, 3.05) is 19.3 Å². The molecule has 0 unspecified atom stereocenters. The average Bonchev–Trinajstić information content (AvgIpc) is 2.83. The van der Waals surface area contributed by atoms with E-state index in [1.807, 2.05) is 29.2 Å². The lowest BCUT2D eigenvalue weighted by molar-refractivity contribution is 0.0655. The van der Waals surface area contributed by atoms with Crippen LogP contribution in [0.25, 0.3) is 22.3 Å². The molecule has 1 aromatic carbocycles. The van der Waals surface area contributed by atoms with Crippen LogP contribution in [0.15, 0.2) is 41.7 Å². The van der Waals surface area contributed by atoms with E-state index in [0.29, 0.717) is 28.5 Å². The first kappa shape index (κ1) is 22.8. The number of aliphatic imine (C=N–C) groups is 1. The van der Waals surface area contributed by atoms with E-state index in [4.69, 9.17) is 10.7 Å². The number of anilines is 1. The van der Waals surface area contributed by atoms with Crippen molar-refractivity contribution in [2.24, 2.45) is 10.9 Å². The normalized spacial score (nSPS) is 14.9. The summed E-state index contributed by atoms with van der Waals surface area (Å²) in [5, 5.41) is 0. The summed E-state index contributed by atoms with van der Waals surface area (Å²) in [7, 11) is 1.69. The standard InChI is InChI=1S/C26H32N6O/c1-17(2)32(16-18-7-5-4-6-8-18)26(33)19-9-10-22-23(12-19)31-24(15-29-22)20-11-21(13-28-3)25(27)30-14-20/h9-15,17-18H,4-8,16H2,1-3H3,(H2,27,30). The van der Waals surface area contributed by atoms with Crippen molar-refractivity contribution in [1.82, 2.24) is 19.9 Å². The molecule has 0 spiro atoms. The molecule has 0 aliphatic heterocycles. The van der Waals surface area contributed by atoms with Crippen molar-refractivity contribution in [3.63, 3.8) is 0 Å². The molecule has 2 N–H and O–H groups in total. The summed E-state index contributed by atoms with van der Waals surface area (Å²) < 4.78 is 0. The second-order valence-electron chi connectivity index (χ2n) is 9.10. The Morgan fingerprint density at radius 2 is 1.94 bits per heavy atom. The maximum Gasteiger partial charge on any atom is 0.254 e. The third-order valence-electron chi connectivity index (χ3n) is 6.37. The molecule has 0 bridgehead atoms. The molecule has 4 rings (SSSR count). The van der Waals surface area contributed by atoms with Crippen LogP contribution in [0.3, 0.4) is 0 Å². The number of nitrogens with zero attached hydrogens (tertiary/aromatic N) is 5. The zero-order chi connectivity index (χ0) is 23.4. The topological polar surface area (TPSA) is 97.4 Å². The van der Waals surface area contributed by atoms with Crippen LogP contribution in [0.5, 0.6) is 0 Å². The van der Waals surface area contributed by atoms with Gasteiger partial charge in [-0.1, -0.05) is 19.3 Å². The smallest absolute Gasteiger partial charge is 0.254 e. The second-order valence-corrected chi connectivity index (χ2v) is 9.10. The van der Waals surface area contributed by atoms with Gasteiger partial charge in [-0.15, -0.1) is 0 Å². The predicted octanol–water partition coefficient (Wildman–Crippen LogP) is 4.75. The number of amides is 1. The SMILES string of the molecule is CN=Cc1cc(-c2cnc3ccc(C(=O)N(CC4CCCCC4)C(C)C)cc3n2)cnc1N. The minimum absolute atomic E-state index is 0.0558. The van der Waals surface area contributed by atoms with E-state index in [2.05, 4.69) is 28.8 Å². The van der Waals surface area contributed by atoms with Crippen molar-refractivity contribution in [1.29, 1.82) is 0 Å². The Balaban J connectivity index is 1.64. The molecule has 7 nitrogen and oxygen atoms in total. The third kappa shape index (κ3) is 5.18. The van der Waals surface area contributed by atoms with Gasteiger partial charge in [0.25, 0.3) is 5.91 Å². The lowest BCUT2D eigenvalue weighted by atomic mass is 9.88. The quantitative estimate of drug-likeness (QED) is 0.553. The number of nitrogen functional groups attached to an aromatic ring is 1. The summed E-state index contributed by atoms with van der Waals surface area (Å²) in [5.41, 5.74) is 10.2. The number of fused-ring (bicyclic) bond motifs is 1. The van der Waals surface area contributed by atoms with Gasteiger partial charge >= 0.3 is 0 Å². The van der Waals surface area contributed by atoms with Gasteiger partial charge in [0.2, 0.25) is 0 Å². The monoisotopic (exact) mass is 444 g/mol. The van der Waals surface area contributed by atoms with Crippen LogP contribution < -0.4 is 5.73 Å². The van der Waals surface area contributed by atoms with Crippen molar-refractivity contribution in [3.05, 3.63) is 47.8 Å². The number of hydrogen-bond acceptors (Lipinski definition) is 6. The van der Waals surface area contributed by atoms with Gasteiger partial charge in [-0.25, -0.2) is 9.97 Å². The van der Waals surface area contributed by atoms with Crippen LogP contribution in [-0.4, -0.2) is 51.6 Å². The van der Waals surface area contributed by atoms with Gasteiger partial charge in [0, 0.05) is 48.7 Å². The molecule has 0 atom stereocenters. The van der Waals surface area contributed by atoms with Crippen molar-refractivity contribution >= 4 is 29.0 Å². The van der Waals surface area contributed by atoms with Crippen LogP contribution in [0.4, 0.5) is 5.82 Å². The summed E-state index contributed by atoms with van der Waals surface area (Å²) >= 11 is 0. The van der Waals surface area contributed by atoms with Crippen LogP contribution in [-0.2, 0) is 0 Å². The maximum absolute atomic E-state index is 13.5. The first-order valence-electron chi connectivity index (χ1n) is 11.7. The number of carbonyl (C=O) groups excluding carboxylic acids is 1. The van der Waals surface area contributed by atoms with Gasteiger partial charge in [0.1, 0.15) is 5.82 Å². The summed E-state index contributed by atoms with van der Waals surface area (Å²) in [4.78, 5) is 33.1. The van der Waals surface area contributed by atoms with Gasteiger partial charge in [-0.2, -0.15) is 0 Å². The maximum atomic E-state index is 13.5. The number of nitrogens with two attached hydrogens (primary N) is 1. The van der Waals surface area contributed by atoms with Crippen LogP contribution in [0.1, 0.15) is 61.9 Å². The third-order valence-corrected chi connectivity index (χ3v) is 6.37. The number of carbonyl (C=O) groups is 1. The van der Waals surface area contributed by atoms with Crippen molar-refractivity contribution in [2.45, 2.75) is 52.0 Å². The molecule has 7 heteroatoms. The average molecular weight is 445 g/mol. The van der Waals surface area contributed by atoms with E-state index < -0.39 is 0 Å². The summed E-state index contributed by atoms with van der Waals surface area (Å²) in [5.74, 6) is 1.06. The van der Waals surface area contributed by atoms with Gasteiger partial charge in [0.15, 0.2) is 0 Å². The molecule has 2 heterocycles. The fourth-order valence-electron chi connectivity index (χ4n) is 4.50. The Morgan fingerprint density at radius 3 is 2.67 bits per heavy atom. The molecular weight excluding hydrogens is 412 g/mol. The Kier molecular flexibility index (Phi) is 6.96. The minimum atomic E-state index is 0.0558. The highest BCUT2D eigenvalue weighted by atomic mass is 16.2. The van der Waals surface area contributed by atoms with Crippen molar-refractivity contribution in [3.8, 4) is 11.3 Å². The summed E-state index contributed by atoms with van der Waals surface area (Å²) in [6, 6.07) is 7.62. The number of hydrogen-bond donors (Lipinski definition) is 1. The molecule has 2 aromatic heterocycles. The van der Waals surface area contributed by atoms with Crippen LogP contribution in [0, 0.1) is 5.92 Å². The van der Waals surface area contributed by atoms with E-state index >= 15 is 0 Å². The highest BCUT2D eigenvalue weighted by Crippen LogP contribution is 2.26. The molecule has 1 amide bonds. The first-order chi connectivity index (χ1) is 16.0. The van der Waals surface area contributed by atoms with E-state index in [1.54, 1.807) is 25.7 Å². The molecule has 33 heavy (non-hydrogen) atoms. The van der Waals surface area contributed by atoms with Crippen LogP contribution >= 0.6 is 0 Å². The van der Waals surface area contributed by atoms with E-state index in [1.165, 1.54) is 32.1 Å². The summed E-state index contributed by atoms with van der Waals surface area (Å²) in [6.45, 7) is 5.00. The number of benzene rings is 1. The zero-order valence-electron chi connectivity index (χ0n) is 19.7. The van der Waals surface area contributed by atoms with Gasteiger partial charge in [-0.05, 0) is 56.9 Å². The molecular formula is C26H32N6O. The minimum Gasteiger partial charge on any atom is -0.383 e. The Labute approximate surface area is 195 Å². The fraction of sp³-hybridized carbons (Fsp3) is 0.423. The molecule has 1 aliphatic rings. The highest BCUT2D eigenvalue weighted by molar-refractivity contribution is 5.97. The van der Waals surface area contributed by atoms with Gasteiger partial charge in [-0.3, -0.25) is 14.8 Å². The van der Waals surface area contributed by atoms with Gasteiger partial charge < -0.3 is 10.6 Å². The number of rotatable bonds is 6. The number of pyridine rings is 1. The first-order valence-corrected chi connectivity index (χ1v) is 11.7. The Bertz CT molecular complexity index is 1170.